The molecule has 0 aliphatic heterocycles. The first kappa shape index (κ1) is 13.7. The summed E-state index contributed by atoms with van der Waals surface area (Å²) >= 11 is 0. The Kier molecular flexibility index (Phi) is 4.29. The molecule has 0 saturated heterocycles. The summed E-state index contributed by atoms with van der Waals surface area (Å²) in [5.74, 6) is 0.546. The van der Waals surface area contributed by atoms with Crippen molar-refractivity contribution in [2.45, 2.75) is 33.3 Å². The van der Waals surface area contributed by atoms with Crippen LogP contribution in [0, 0.1) is 6.92 Å². The first-order valence-corrected chi connectivity index (χ1v) is 5.65. The summed E-state index contributed by atoms with van der Waals surface area (Å²) in [6.45, 7) is 7.80. The van der Waals surface area contributed by atoms with E-state index in [1.807, 2.05) is 39.8 Å². The van der Waals surface area contributed by atoms with Gasteiger partial charge < -0.3 is 9.47 Å². The molecule has 0 spiro atoms. The Morgan fingerprint density at radius 1 is 1.29 bits per heavy atom. The molecule has 0 atom stereocenters. The Hall–Kier alpha value is -1.35. The largest absolute Gasteiger partial charge is 0.496 e. The van der Waals surface area contributed by atoms with E-state index in [0.717, 1.165) is 5.56 Å². The molecule has 1 aromatic rings. The van der Waals surface area contributed by atoms with Crippen LogP contribution in [-0.4, -0.2) is 25.1 Å². The number of hydrogen-bond donors (Lipinski definition) is 0. The van der Waals surface area contributed by atoms with E-state index >= 15 is 0 Å². The molecule has 1 rings (SSSR count). The molecule has 0 amide bonds. The van der Waals surface area contributed by atoms with E-state index in [2.05, 4.69) is 0 Å². The van der Waals surface area contributed by atoms with Crippen LogP contribution < -0.4 is 4.74 Å². The van der Waals surface area contributed by atoms with Crippen LogP contribution in [0.3, 0.4) is 0 Å². The van der Waals surface area contributed by atoms with Crippen molar-refractivity contribution in [3.8, 4) is 5.75 Å². The zero-order valence-corrected chi connectivity index (χ0v) is 11.2. The van der Waals surface area contributed by atoms with E-state index in [-0.39, 0.29) is 18.0 Å². The molecule has 0 bridgehead atoms. The highest BCUT2D eigenvalue weighted by atomic mass is 16.5. The summed E-state index contributed by atoms with van der Waals surface area (Å²) in [5, 5.41) is 0. The average molecular weight is 236 g/mol. The minimum absolute atomic E-state index is 0.0585. The van der Waals surface area contributed by atoms with Crippen LogP contribution in [0.4, 0.5) is 0 Å². The number of rotatable bonds is 4. The van der Waals surface area contributed by atoms with Gasteiger partial charge in [-0.1, -0.05) is 6.07 Å². The Labute approximate surface area is 103 Å². The quantitative estimate of drug-likeness (QED) is 0.754. The number of benzene rings is 1. The van der Waals surface area contributed by atoms with Gasteiger partial charge in [0.05, 0.1) is 18.3 Å². The van der Waals surface area contributed by atoms with Crippen LogP contribution in [0.1, 0.15) is 36.7 Å². The average Bonchev–Trinajstić information content (AvgIpc) is 2.24. The van der Waals surface area contributed by atoms with Gasteiger partial charge in [-0.05, 0) is 45.4 Å². The predicted molar refractivity (Wildman–Crippen MR) is 67.8 cm³/mol. The molecular formula is C14H20O3. The monoisotopic (exact) mass is 236 g/mol. The second-order valence-electron chi connectivity index (χ2n) is 5.03. The Balaban J connectivity index is 2.82. The molecule has 0 unspecified atom stereocenters. The van der Waals surface area contributed by atoms with Crippen molar-refractivity contribution >= 4 is 5.78 Å². The summed E-state index contributed by atoms with van der Waals surface area (Å²) < 4.78 is 10.7. The van der Waals surface area contributed by atoms with Crippen LogP contribution in [0.15, 0.2) is 18.2 Å². The predicted octanol–water partition coefficient (Wildman–Crippen LogP) is 3.00. The second kappa shape index (κ2) is 5.32. The number of Topliss-reactive ketones (excluding diaryl/α,β-unsaturated/α-hetero) is 1. The molecule has 3 nitrogen and oxygen atoms in total. The van der Waals surface area contributed by atoms with Gasteiger partial charge in [-0.15, -0.1) is 0 Å². The van der Waals surface area contributed by atoms with Crippen molar-refractivity contribution in [2.24, 2.45) is 0 Å². The fourth-order valence-corrected chi connectivity index (χ4v) is 1.39. The fraction of sp³-hybridized carbons (Fsp3) is 0.500. The standard InChI is InChI=1S/C14H20O3/c1-10-6-7-11(13(8-10)16-5)12(15)9-17-14(2,3)4/h6-8H,9H2,1-5H3. The molecule has 0 saturated carbocycles. The highest BCUT2D eigenvalue weighted by molar-refractivity contribution is 5.99. The Morgan fingerprint density at radius 2 is 1.94 bits per heavy atom. The number of aryl methyl sites for hydroxylation is 1. The Morgan fingerprint density at radius 3 is 2.47 bits per heavy atom. The molecular weight excluding hydrogens is 216 g/mol. The van der Waals surface area contributed by atoms with Gasteiger partial charge in [0.1, 0.15) is 12.4 Å². The summed E-state index contributed by atoms with van der Waals surface area (Å²) in [5.41, 5.74) is 1.32. The van der Waals surface area contributed by atoms with Gasteiger partial charge in [-0.3, -0.25) is 4.79 Å². The third-order valence-electron chi connectivity index (χ3n) is 2.29. The summed E-state index contributed by atoms with van der Waals surface area (Å²) in [6.07, 6.45) is 0. The molecule has 0 aliphatic rings. The van der Waals surface area contributed by atoms with Crippen LogP contribution in [0.25, 0.3) is 0 Å². The maximum absolute atomic E-state index is 12.0. The highest BCUT2D eigenvalue weighted by Gasteiger charge is 2.16. The highest BCUT2D eigenvalue weighted by Crippen LogP contribution is 2.21. The molecule has 0 radical (unpaired) electrons. The molecule has 0 N–H and O–H groups in total. The maximum atomic E-state index is 12.0. The number of methoxy groups -OCH3 is 1. The van der Waals surface area contributed by atoms with Crippen molar-refractivity contribution in [3.05, 3.63) is 29.3 Å². The van der Waals surface area contributed by atoms with E-state index in [1.165, 1.54) is 0 Å². The number of ether oxygens (including phenoxy) is 2. The number of ketones is 1. The van der Waals surface area contributed by atoms with Crippen LogP contribution in [0.2, 0.25) is 0 Å². The minimum atomic E-state index is -0.312. The fourth-order valence-electron chi connectivity index (χ4n) is 1.39. The van der Waals surface area contributed by atoms with Crippen LogP contribution in [0.5, 0.6) is 5.75 Å². The summed E-state index contributed by atoms with van der Waals surface area (Å²) in [6, 6.07) is 5.53. The topological polar surface area (TPSA) is 35.5 Å². The molecule has 0 aromatic heterocycles. The van der Waals surface area contributed by atoms with Crippen molar-refractivity contribution in [1.29, 1.82) is 0 Å². The zero-order chi connectivity index (χ0) is 13.1. The minimum Gasteiger partial charge on any atom is -0.496 e. The Bertz CT molecular complexity index is 402. The molecule has 1 aromatic carbocycles. The molecule has 0 aliphatic carbocycles. The lowest BCUT2D eigenvalue weighted by Gasteiger charge is -2.19. The lowest BCUT2D eigenvalue weighted by molar-refractivity contribution is 0.00296. The van der Waals surface area contributed by atoms with E-state index in [1.54, 1.807) is 13.2 Å². The molecule has 17 heavy (non-hydrogen) atoms. The van der Waals surface area contributed by atoms with Gasteiger partial charge in [0.2, 0.25) is 0 Å². The van der Waals surface area contributed by atoms with Gasteiger partial charge in [0, 0.05) is 0 Å². The first-order valence-electron chi connectivity index (χ1n) is 5.65. The van der Waals surface area contributed by atoms with Crippen molar-refractivity contribution in [2.75, 3.05) is 13.7 Å². The third-order valence-corrected chi connectivity index (χ3v) is 2.29. The second-order valence-corrected chi connectivity index (χ2v) is 5.03. The van der Waals surface area contributed by atoms with Gasteiger partial charge in [0.25, 0.3) is 0 Å². The van der Waals surface area contributed by atoms with E-state index in [0.29, 0.717) is 11.3 Å². The number of hydrogen-bond acceptors (Lipinski definition) is 3. The molecule has 94 valence electrons. The molecule has 0 fully saturated rings. The van der Waals surface area contributed by atoms with Gasteiger partial charge >= 0.3 is 0 Å². The van der Waals surface area contributed by atoms with Crippen molar-refractivity contribution in [3.63, 3.8) is 0 Å². The SMILES string of the molecule is COc1cc(C)ccc1C(=O)COC(C)(C)C. The maximum Gasteiger partial charge on any atom is 0.192 e. The smallest absolute Gasteiger partial charge is 0.192 e. The zero-order valence-electron chi connectivity index (χ0n) is 11.2. The number of carbonyl (C=O) groups is 1. The molecule has 3 heteroatoms. The van der Waals surface area contributed by atoms with Crippen LogP contribution >= 0.6 is 0 Å². The normalized spacial score (nSPS) is 11.4. The van der Waals surface area contributed by atoms with Crippen molar-refractivity contribution in [1.82, 2.24) is 0 Å². The van der Waals surface area contributed by atoms with Gasteiger partial charge in [-0.25, -0.2) is 0 Å². The summed E-state index contributed by atoms with van der Waals surface area (Å²) in [7, 11) is 1.57. The van der Waals surface area contributed by atoms with Gasteiger partial charge in [-0.2, -0.15) is 0 Å². The van der Waals surface area contributed by atoms with Gasteiger partial charge in [0.15, 0.2) is 5.78 Å². The van der Waals surface area contributed by atoms with E-state index < -0.39 is 0 Å². The lowest BCUT2D eigenvalue weighted by Crippen LogP contribution is -2.23. The molecule has 0 heterocycles. The third kappa shape index (κ3) is 4.19. The summed E-state index contributed by atoms with van der Waals surface area (Å²) in [4.78, 5) is 12.0. The van der Waals surface area contributed by atoms with Crippen molar-refractivity contribution < 1.29 is 14.3 Å². The van der Waals surface area contributed by atoms with E-state index in [4.69, 9.17) is 9.47 Å². The van der Waals surface area contributed by atoms with Crippen LogP contribution in [-0.2, 0) is 4.74 Å². The first-order chi connectivity index (χ1) is 7.83. The lowest BCUT2D eigenvalue weighted by atomic mass is 10.1. The number of carbonyl (C=O) groups excluding carboxylic acids is 1. The van der Waals surface area contributed by atoms with E-state index in [9.17, 15) is 4.79 Å².